The third kappa shape index (κ3) is 5.02. The van der Waals surface area contributed by atoms with Crippen molar-refractivity contribution in [3.63, 3.8) is 0 Å². The summed E-state index contributed by atoms with van der Waals surface area (Å²) in [6.07, 6.45) is 1.66. The van der Waals surface area contributed by atoms with Crippen molar-refractivity contribution >= 4 is 17.7 Å². The van der Waals surface area contributed by atoms with E-state index < -0.39 is 0 Å². The highest BCUT2D eigenvalue weighted by atomic mass is 32.2. The molecule has 0 bridgehead atoms. The molecule has 3 rings (SSSR count). The Balaban J connectivity index is 1.64. The zero-order chi connectivity index (χ0) is 19.1. The highest BCUT2D eigenvalue weighted by Crippen LogP contribution is 2.39. The predicted octanol–water partition coefficient (Wildman–Crippen LogP) is 3.79. The molecule has 0 unspecified atom stereocenters. The van der Waals surface area contributed by atoms with E-state index in [2.05, 4.69) is 11.4 Å². The first-order valence-electron chi connectivity index (χ1n) is 8.99. The maximum atomic E-state index is 13.0. The minimum atomic E-state index is -0.276. The summed E-state index contributed by atoms with van der Waals surface area (Å²) in [5.41, 5.74) is 0.920. The van der Waals surface area contributed by atoms with Crippen molar-refractivity contribution in [2.45, 2.75) is 23.2 Å². The van der Waals surface area contributed by atoms with Crippen LogP contribution in [0.4, 0.5) is 4.39 Å². The first-order chi connectivity index (χ1) is 13.1. The van der Waals surface area contributed by atoms with Crippen LogP contribution in [0.1, 0.15) is 18.4 Å². The predicted molar refractivity (Wildman–Crippen MR) is 105 cm³/mol. The van der Waals surface area contributed by atoms with Gasteiger partial charge < -0.3 is 14.8 Å². The number of ether oxygens (including phenoxy) is 2. The van der Waals surface area contributed by atoms with Crippen molar-refractivity contribution in [1.82, 2.24) is 5.32 Å². The third-order valence-corrected chi connectivity index (χ3v) is 5.95. The van der Waals surface area contributed by atoms with Crippen LogP contribution >= 0.6 is 11.8 Å². The summed E-state index contributed by atoms with van der Waals surface area (Å²) in [4.78, 5) is 13.3. The standard InChI is InChI=1S/C21H24FNO3S/c1-25-19-5-3-2-4-18(19)21(10-12-26-13-11-21)15-23-20(24)14-27-17-8-6-16(22)7-9-17/h2-9H,10-15H2,1H3,(H,23,24). The molecule has 0 saturated carbocycles. The van der Waals surface area contributed by atoms with Gasteiger partial charge in [0.05, 0.1) is 12.9 Å². The largest absolute Gasteiger partial charge is 0.496 e. The fraction of sp³-hybridized carbons (Fsp3) is 0.381. The van der Waals surface area contributed by atoms with Crippen molar-refractivity contribution in [3.8, 4) is 5.75 Å². The summed E-state index contributed by atoms with van der Waals surface area (Å²) in [5.74, 6) is 0.825. The molecule has 1 heterocycles. The Kier molecular flexibility index (Phi) is 6.74. The lowest BCUT2D eigenvalue weighted by atomic mass is 9.73. The van der Waals surface area contributed by atoms with Crippen LogP contribution in [0.15, 0.2) is 53.4 Å². The van der Waals surface area contributed by atoms with E-state index in [0.29, 0.717) is 25.5 Å². The molecule has 27 heavy (non-hydrogen) atoms. The summed E-state index contributed by atoms with van der Waals surface area (Å²) in [7, 11) is 1.67. The molecular formula is C21H24FNO3S. The molecule has 1 aliphatic heterocycles. The number of benzene rings is 2. The molecule has 144 valence electrons. The minimum Gasteiger partial charge on any atom is -0.496 e. The smallest absolute Gasteiger partial charge is 0.230 e. The van der Waals surface area contributed by atoms with Gasteiger partial charge in [0.1, 0.15) is 11.6 Å². The number of hydrogen-bond acceptors (Lipinski definition) is 4. The van der Waals surface area contributed by atoms with Crippen molar-refractivity contribution in [2.24, 2.45) is 0 Å². The lowest BCUT2D eigenvalue weighted by Gasteiger charge is -2.38. The summed E-state index contributed by atoms with van der Waals surface area (Å²) in [6.45, 7) is 1.87. The zero-order valence-electron chi connectivity index (χ0n) is 15.4. The topological polar surface area (TPSA) is 47.6 Å². The molecule has 4 nitrogen and oxygen atoms in total. The van der Waals surface area contributed by atoms with Crippen LogP contribution in [-0.4, -0.2) is 38.5 Å². The number of amides is 1. The van der Waals surface area contributed by atoms with E-state index >= 15 is 0 Å². The van der Waals surface area contributed by atoms with Crippen molar-refractivity contribution in [3.05, 3.63) is 59.9 Å². The van der Waals surface area contributed by atoms with Gasteiger partial charge in [-0.3, -0.25) is 4.79 Å². The number of para-hydroxylation sites is 1. The van der Waals surface area contributed by atoms with E-state index in [-0.39, 0.29) is 17.1 Å². The summed E-state index contributed by atoms with van der Waals surface area (Å²) < 4.78 is 24.1. The van der Waals surface area contributed by atoms with E-state index in [4.69, 9.17) is 9.47 Å². The Bertz CT molecular complexity index is 760. The number of nitrogens with one attached hydrogen (secondary N) is 1. The van der Waals surface area contributed by atoms with Gasteiger partial charge in [-0.05, 0) is 43.2 Å². The summed E-state index contributed by atoms with van der Waals surface area (Å²) in [5, 5.41) is 3.08. The lowest BCUT2D eigenvalue weighted by Crippen LogP contribution is -2.45. The SMILES string of the molecule is COc1ccccc1C1(CNC(=O)CSc2ccc(F)cc2)CCOCC1. The quantitative estimate of drug-likeness (QED) is 0.732. The second-order valence-corrected chi connectivity index (χ2v) is 7.66. The number of halogens is 1. The number of carbonyl (C=O) groups excluding carboxylic acids is 1. The van der Waals surface area contributed by atoms with Crippen molar-refractivity contribution < 1.29 is 18.7 Å². The molecule has 0 aliphatic carbocycles. The summed E-state index contributed by atoms with van der Waals surface area (Å²) in [6, 6.07) is 14.2. The molecule has 6 heteroatoms. The first-order valence-corrected chi connectivity index (χ1v) is 9.98. The van der Waals surface area contributed by atoms with Crippen molar-refractivity contribution in [2.75, 3.05) is 32.6 Å². The van der Waals surface area contributed by atoms with Gasteiger partial charge in [-0.1, -0.05) is 18.2 Å². The van der Waals surface area contributed by atoms with Crippen LogP contribution in [0, 0.1) is 5.82 Å². The molecule has 0 aromatic heterocycles. The van der Waals surface area contributed by atoms with E-state index in [1.54, 1.807) is 19.2 Å². The molecule has 2 aromatic rings. The first kappa shape index (κ1) is 19.7. The zero-order valence-corrected chi connectivity index (χ0v) is 16.2. The van der Waals surface area contributed by atoms with E-state index in [1.165, 1.54) is 23.9 Å². The average Bonchev–Trinajstić information content (AvgIpc) is 2.72. The Morgan fingerprint density at radius 3 is 2.59 bits per heavy atom. The summed E-state index contributed by atoms with van der Waals surface area (Å²) >= 11 is 1.40. The second kappa shape index (κ2) is 9.24. The van der Waals surface area contributed by atoms with Gasteiger partial charge in [-0.15, -0.1) is 11.8 Å². The molecule has 1 amide bonds. The van der Waals surface area contributed by atoms with Gasteiger partial charge in [-0.2, -0.15) is 0 Å². The Morgan fingerprint density at radius 1 is 1.19 bits per heavy atom. The van der Waals surface area contributed by atoms with E-state index in [9.17, 15) is 9.18 Å². The molecule has 1 N–H and O–H groups in total. The van der Waals surface area contributed by atoms with E-state index in [1.807, 2.05) is 18.2 Å². The average molecular weight is 389 g/mol. The Hall–Kier alpha value is -2.05. The molecule has 0 atom stereocenters. The number of carbonyl (C=O) groups is 1. The molecular weight excluding hydrogens is 365 g/mol. The molecule has 1 fully saturated rings. The maximum Gasteiger partial charge on any atom is 0.230 e. The maximum absolute atomic E-state index is 13.0. The second-order valence-electron chi connectivity index (χ2n) is 6.61. The third-order valence-electron chi connectivity index (χ3n) is 4.94. The monoisotopic (exact) mass is 389 g/mol. The normalized spacial score (nSPS) is 15.9. The Morgan fingerprint density at radius 2 is 1.89 bits per heavy atom. The fourth-order valence-corrected chi connectivity index (χ4v) is 4.11. The van der Waals surface area contributed by atoms with Crippen LogP contribution in [0.25, 0.3) is 0 Å². The van der Waals surface area contributed by atoms with Crippen LogP contribution in [0.2, 0.25) is 0 Å². The molecule has 0 radical (unpaired) electrons. The van der Waals surface area contributed by atoms with Gasteiger partial charge >= 0.3 is 0 Å². The van der Waals surface area contributed by atoms with Gasteiger partial charge in [0.2, 0.25) is 5.91 Å². The number of rotatable bonds is 7. The van der Waals surface area contributed by atoms with E-state index in [0.717, 1.165) is 29.1 Å². The fourth-order valence-electron chi connectivity index (χ4n) is 3.38. The molecule has 1 saturated heterocycles. The molecule has 0 spiro atoms. The van der Waals surface area contributed by atoms with Crippen molar-refractivity contribution in [1.29, 1.82) is 0 Å². The van der Waals surface area contributed by atoms with Crippen LogP contribution in [0.5, 0.6) is 5.75 Å². The molecule has 2 aromatic carbocycles. The van der Waals surface area contributed by atoms with Gasteiger partial charge in [0.25, 0.3) is 0 Å². The van der Waals surface area contributed by atoms with Gasteiger partial charge in [-0.25, -0.2) is 4.39 Å². The van der Waals surface area contributed by atoms with Gasteiger partial charge in [0, 0.05) is 35.6 Å². The number of hydrogen-bond donors (Lipinski definition) is 1. The van der Waals surface area contributed by atoms with Crippen LogP contribution in [-0.2, 0) is 14.9 Å². The number of methoxy groups -OCH3 is 1. The highest BCUT2D eigenvalue weighted by molar-refractivity contribution is 8.00. The van der Waals surface area contributed by atoms with Crippen LogP contribution in [0.3, 0.4) is 0 Å². The lowest BCUT2D eigenvalue weighted by molar-refractivity contribution is -0.119. The van der Waals surface area contributed by atoms with Gasteiger partial charge in [0.15, 0.2) is 0 Å². The minimum absolute atomic E-state index is 0.0370. The highest BCUT2D eigenvalue weighted by Gasteiger charge is 2.37. The van der Waals surface area contributed by atoms with Crippen LogP contribution < -0.4 is 10.1 Å². The Labute approximate surface area is 163 Å². The number of thioether (sulfide) groups is 1. The molecule has 1 aliphatic rings.